The molecule has 2 fully saturated rings. The average Bonchev–Trinajstić information content (AvgIpc) is 3.37. The van der Waals surface area contributed by atoms with Crippen LogP contribution in [0, 0.1) is 5.92 Å². The Morgan fingerprint density at radius 3 is 2.65 bits per heavy atom. The number of hydrogen-bond donors (Lipinski definition) is 0. The van der Waals surface area contributed by atoms with Crippen LogP contribution in [0.1, 0.15) is 12.8 Å². The second kappa shape index (κ2) is 9.47. The Kier molecular flexibility index (Phi) is 6.41. The lowest BCUT2D eigenvalue weighted by molar-refractivity contribution is -0.137. The summed E-state index contributed by atoms with van der Waals surface area (Å²) in [6.45, 7) is 3.29. The van der Waals surface area contributed by atoms with Gasteiger partial charge in [0.15, 0.2) is 0 Å². The maximum atomic E-state index is 13.4. The molecule has 5 rings (SSSR count). The van der Waals surface area contributed by atoms with Gasteiger partial charge in [-0.1, -0.05) is 12.1 Å². The maximum Gasteiger partial charge on any atom is 0.245 e. The lowest BCUT2D eigenvalue weighted by Gasteiger charge is -2.39. The molecule has 9 nitrogen and oxygen atoms in total. The van der Waals surface area contributed by atoms with Gasteiger partial charge in [-0.25, -0.2) is 8.42 Å². The first-order valence-electron chi connectivity index (χ1n) is 11.4. The van der Waals surface area contributed by atoms with Gasteiger partial charge in [-0.05, 0) is 37.1 Å². The highest BCUT2D eigenvalue weighted by Gasteiger charge is 2.36. The van der Waals surface area contributed by atoms with E-state index in [0.717, 1.165) is 36.3 Å². The van der Waals surface area contributed by atoms with Crippen molar-refractivity contribution in [1.29, 1.82) is 0 Å². The lowest BCUT2D eigenvalue weighted by atomic mass is 9.97. The highest BCUT2D eigenvalue weighted by atomic mass is 32.2. The van der Waals surface area contributed by atoms with Crippen LogP contribution in [0.4, 0.5) is 5.69 Å². The molecular weight excluding hydrogens is 474 g/mol. The summed E-state index contributed by atoms with van der Waals surface area (Å²) >= 11 is 1.000. The Morgan fingerprint density at radius 2 is 1.85 bits per heavy atom. The number of fused-ring (bicyclic) bond motifs is 1. The van der Waals surface area contributed by atoms with Crippen molar-refractivity contribution in [3.8, 4) is 5.75 Å². The highest BCUT2D eigenvalue weighted by Crippen LogP contribution is 2.29. The predicted octanol–water partition coefficient (Wildman–Crippen LogP) is 2.45. The summed E-state index contributed by atoms with van der Waals surface area (Å²) in [6.07, 6.45) is 1.36. The minimum Gasteiger partial charge on any atom is -0.497 e. The van der Waals surface area contributed by atoms with Gasteiger partial charge in [-0.15, -0.1) is 0 Å². The average molecular weight is 502 g/mol. The minimum atomic E-state index is -3.76. The van der Waals surface area contributed by atoms with Gasteiger partial charge < -0.3 is 14.5 Å². The zero-order chi connectivity index (χ0) is 23.7. The van der Waals surface area contributed by atoms with E-state index in [9.17, 15) is 13.2 Å². The van der Waals surface area contributed by atoms with E-state index < -0.39 is 10.0 Å². The molecule has 1 amide bonds. The molecule has 3 aromatic rings. The van der Waals surface area contributed by atoms with Crippen LogP contribution in [-0.2, 0) is 14.8 Å². The molecule has 2 aromatic carbocycles. The van der Waals surface area contributed by atoms with Crippen LogP contribution in [-0.4, -0.2) is 78.7 Å². The number of rotatable bonds is 5. The first-order chi connectivity index (χ1) is 16.5. The molecule has 0 spiro atoms. The molecule has 1 aromatic heterocycles. The molecule has 0 N–H and O–H groups in total. The number of aromatic nitrogens is 2. The number of anilines is 1. The van der Waals surface area contributed by atoms with Crippen molar-refractivity contribution in [1.82, 2.24) is 18.0 Å². The number of piperidine rings is 1. The first-order valence-corrected chi connectivity index (χ1v) is 13.5. The Bertz CT molecular complexity index is 1290. The third kappa shape index (κ3) is 4.35. The largest absolute Gasteiger partial charge is 0.497 e. The summed E-state index contributed by atoms with van der Waals surface area (Å²) in [7, 11) is -2.11. The van der Waals surface area contributed by atoms with E-state index in [1.807, 2.05) is 29.2 Å². The van der Waals surface area contributed by atoms with Crippen molar-refractivity contribution in [2.75, 3.05) is 51.3 Å². The number of sulfonamides is 1. The Balaban J connectivity index is 1.25. The molecule has 2 aliphatic heterocycles. The Labute approximate surface area is 203 Å². The number of carbonyl (C=O) groups excluding carboxylic acids is 1. The van der Waals surface area contributed by atoms with E-state index in [1.54, 1.807) is 25.3 Å². The topological polar surface area (TPSA) is 95.9 Å². The fraction of sp³-hybridized carbons (Fsp3) is 0.435. The number of piperazine rings is 1. The smallest absolute Gasteiger partial charge is 0.245 e. The van der Waals surface area contributed by atoms with E-state index in [1.165, 1.54) is 4.31 Å². The second-order valence-corrected chi connectivity index (χ2v) is 11.0. The van der Waals surface area contributed by atoms with Gasteiger partial charge in [0, 0.05) is 51.0 Å². The van der Waals surface area contributed by atoms with Crippen LogP contribution in [0.5, 0.6) is 5.75 Å². The molecule has 2 saturated heterocycles. The lowest BCUT2D eigenvalue weighted by Crippen LogP contribution is -2.53. The van der Waals surface area contributed by atoms with Crippen LogP contribution >= 0.6 is 11.7 Å². The molecule has 3 heterocycles. The molecule has 0 bridgehead atoms. The first kappa shape index (κ1) is 23.0. The van der Waals surface area contributed by atoms with Gasteiger partial charge in [0.1, 0.15) is 21.7 Å². The summed E-state index contributed by atoms with van der Waals surface area (Å²) in [5.41, 5.74) is 2.05. The number of hydrogen-bond acceptors (Lipinski definition) is 8. The number of ether oxygens (including phenoxy) is 1. The van der Waals surface area contributed by atoms with Crippen molar-refractivity contribution in [3.05, 3.63) is 42.5 Å². The molecule has 2 aliphatic rings. The van der Waals surface area contributed by atoms with Crippen LogP contribution in [0.2, 0.25) is 0 Å². The molecule has 34 heavy (non-hydrogen) atoms. The summed E-state index contributed by atoms with van der Waals surface area (Å²) in [5.74, 6) is 0.516. The molecule has 0 radical (unpaired) electrons. The molecule has 0 aliphatic carbocycles. The zero-order valence-electron chi connectivity index (χ0n) is 19.0. The van der Waals surface area contributed by atoms with Gasteiger partial charge in [-0.2, -0.15) is 13.1 Å². The van der Waals surface area contributed by atoms with Gasteiger partial charge >= 0.3 is 0 Å². The van der Waals surface area contributed by atoms with Crippen molar-refractivity contribution in [3.63, 3.8) is 0 Å². The van der Waals surface area contributed by atoms with Crippen molar-refractivity contribution in [2.24, 2.45) is 5.92 Å². The standard InChI is InChI=1S/C23H27N5O4S2/c1-32-19-7-2-6-18(15-19)26-11-13-27(14-12-26)23(29)17-5-4-10-28(16-17)34(30,31)21-9-3-8-20-22(21)25-33-24-20/h2-3,6-9,15,17H,4-5,10-14,16H2,1H3/t17-/m0/s1. The zero-order valence-corrected chi connectivity index (χ0v) is 20.6. The van der Waals surface area contributed by atoms with Crippen LogP contribution in [0.15, 0.2) is 47.4 Å². The number of nitrogens with zero attached hydrogens (tertiary/aromatic N) is 5. The van der Waals surface area contributed by atoms with E-state index in [4.69, 9.17) is 4.74 Å². The quantitative estimate of drug-likeness (QED) is 0.530. The van der Waals surface area contributed by atoms with Gasteiger partial charge in [0.2, 0.25) is 15.9 Å². The van der Waals surface area contributed by atoms with E-state index >= 15 is 0 Å². The number of amides is 1. The minimum absolute atomic E-state index is 0.0405. The predicted molar refractivity (Wildman–Crippen MR) is 131 cm³/mol. The third-order valence-corrected chi connectivity index (χ3v) is 9.05. The summed E-state index contributed by atoms with van der Waals surface area (Å²) in [5, 5.41) is 0. The molecule has 11 heteroatoms. The third-order valence-electron chi connectivity index (χ3n) is 6.61. The Hall–Kier alpha value is -2.76. The van der Waals surface area contributed by atoms with E-state index in [2.05, 4.69) is 13.6 Å². The number of benzene rings is 2. The fourth-order valence-electron chi connectivity index (χ4n) is 4.74. The molecule has 0 saturated carbocycles. The van der Waals surface area contributed by atoms with E-state index in [-0.39, 0.29) is 23.3 Å². The normalized spacial score (nSPS) is 20.0. The summed E-state index contributed by atoms with van der Waals surface area (Å²) in [6, 6.07) is 12.9. The number of methoxy groups -OCH3 is 1. The molecule has 180 valence electrons. The number of carbonyl (C=O) groups is 1. The van der Waals surface area contributed by atoms with Gasteiger partial charge in [0.25, 0.3) is 0 Å². The van der Waals surface area contributed by atoms with E-state index in [0.29, 0.717) is 43.5 Å². The second-order valence-electron chi connectivity index (χ2n) is 8.60. The van der Waals surface area contributed by atoms with Crippen molar-refractivity contribution >= 4 is 44.4 Å². The SMILES string of the molecule is COc1cccc(N2CCN(C(=O)[C@H]3CCCN(S(=O)(=O)c4cccc5nsnc45)C3)CC2)c1. The molecular formula is C23H27N5O4S2. The van der Waals surface area contributed by atoms with Crippen LogP contribution < -0.4 is 9.64 Å². The van der Waals surface area contributed by atoms with Crippen molar-refractivity contribution in [2.45, 2.75) is 17.7 Å². The van der Waals surface area contributed by atoms with Crippen molar-refractivity contribution < 1.29 is 17.9 Å². The van der Waals surface area contributed by atoms with Crippen LogP contribution in [0.3, 0.4) is 0 Å². The van der Waals surface area contributed by atoms with Crippen LogP contribution in [0.25, 0.3) is 11.0 Å². The molecule has 1 atom stereocenters. The van der Waals surface area contributed by atoms with Gasteiger partial charge in [-0.3, -0.25) is 4.79 Å². The Morgan fingerprint density at radius 1 is 1.06 bits per heavy atom. The monoisotopic (exact) mass is 501 g/mol. The molecule has 0 unspecified atom stereocenters. The summed E-state index contributed by atoms with van der Waals surface area (Å²) < 4.78 is 41.9. The maximum absolute atomic E-state index is 13.4. The highest BCUT2D eigenvalue weighted by molar-refractivity contribution is 7.89. The fourth-order valence-corrected chi connectivity index (χ4v) is 7.02. The summed E-state index contributed by atoms with van der Waals surface area (Å²) in [4.78, 5) is 17.6. The van der Waals surface area contributed by atoms with Gasteiger partial charge in [0.05, 0.1) is 24.8 Å².